The van der Waals surface area contributed by atoms with Crippen LogP contribution in [0.25, 0.3) is 11.3 Å². The third-order valence-corrected chi connectivity index (χ3v) is 5.61. The molecule has 1 aliphatic rings. The molecule has 0 fully saturated rings. The van der Waals surface area contributed by atoms with E-state index in [2.05, 4.69) is 51.5 Å². The average molecular weight is 386 g/mol. The zero-order valence-corrected chi connectivity index (χ0v) is 17.1. The Morgan fingerprint density at radius 1 is 1.10 bits per heavy atom. The summed E-state index contributed by atoms with van der Waals surface area (Å²) >= 11 is 0. The summed E-state index contributed by atoms with van der Waals surface area (Å²) in [4.78, 5) is 23.9. The lowest BCUT2D eigenvalue weighted by atomic mass is 9.94. The maximum atomic E-state index is 12.7. The molecule has 0 aliphatic carbocycles. The van der Waals surface area contributed by atoms with Crippen molar-refractivity contribution >= 4 is 5.91 Å². The smallest absolute Gasteiger partial charge is 0.251 e. The van der Waals surface area contributed by atoms with Crippen LogP contribution in [0.15, 0.2) is 54.7 Å². The zero-order chi connectivity index (χ0) is 20.4. The molecule has 1 N–H and O–H groups in total. The van der Waals surface area contributed by atoms with Crippen molar-refractivity contribution in [3.8, 4) is 11.3 Å². The average Bonchev–Trinajstić information content (AvgIpc) is 2.74. The molecule has 5 heteroatoms. The number of nitrogens with one attached hydrogen (secondary N) is 1. The summed E-state index contributed by atoms with van der Waals surface area (Å²) in [7, 11) is 2.12. The summed E-state index contributed by atoms with van der Waals surface area (Å²) in [6.07, 6.45) is 2.72. The second-order valence-corrected chi connectivity index (χ2v) is 7.77. The Morgan fingerprint density at radius 2 is 1.83 bits per heavy atom. The van der Waals surface area contributed by atoms with Gasteiger partial charge in [0.25, 0.3) is 5.91 Å². The van der Waals surface area contributed by atoms with Crippen molar-refractivity contribution in [1.82, 2.24) is 20.2 Å². The van der Waals surface area contributed by atoms with Gasteiger partial charge in [0.05, 0.1) is 17.1 Å². The molecule has 0 unspecified atom stereocenters. The SMILES string of the molecule is Cc1cnc(C)c(-c2ccc(C(=O)NC[C@@H]3Cc4ccccc4CN3C)cc2)n1. The molecule has 1 atom stereocenters. The lowest BCUT2D eigenvalue weighted by molar-refractivity contribution is 0.0934. The number of carbonyl (C=O) groups excluding carboxylic acids is 1. The molecule has 1 aromatic heterocycles. The van der Waals surface area contributed by atoms with E-state index in [1.54, 1.807) is 6.20 Å². The summed E-state index contributed by atoms with van der Waals surface area (Å²) in [5.74, 6) is -0.0455. The second-order valence-electron chi connectivity index (χ2n) is 7.77. The van der Waals surface area contributed by atoms with E-state index in [0.717, 1.165) is 35.6 Å². The summed E-state index contributed by atoms with van der Waals surface area (Å²) in [5.41, 5.74) is 7.01. The maximum absolute atomic E-state index is 12.7. The molecule has 29 heavy (non-hydrogen) atoms. The normalized spacial score (nSPS) is 16.3. The van der Waals surface area contributed by atoms with Crippen LogP contribution in [0.4, 0.5) is 0 Å². The number of rotatable bonds is 4. The molecule has 1 amide bonds. The van der Waals surface area contributed by atoms with Gasteiger partial charge in [0.1, 0.15) is 0 Å². The number of hydrogen-bond acceptors (Lipinski definition) is 4. The number of aryl methyl sites for hydroxylation is 2. The Labute approximate surface area is 171 Å². The third-order valence-electron chi connectivity index (χ3n) is 5.61. The lowest BCUT2D eigenvalue weighted by Gasteiger charge is -2.34. The van der Waals surface area contributed by atoms with Crippen molar-refractivity contribution in [3.05, 3.63) is 82.8 Å². The van der Waals surface area contributed by atoms with Gasteiger partial charge >= 0.3 is 0 Å². The van der Waals surface area contributed by atoms with Gasteiger partial charge in [0.15, 0.2) is 0 Å². The summed E-state index contributed by atoms with van der Waals surface area (Å²) in [6.45, 7) is 5.43. The Kier molecular flexibility index (Phi) is 5.41. The van der Waals surface area contributed by atoms with Crippen LogP contribution in [-0.2, 0) is 13.0 Å². The fraction of sp³-hybridized carbons (Fsp3) is 0.292. The van der Waals surface area contributed by atoms with Gasteiger partial charge in [-0.05, 0) is 50.6 Å². The van der Waals surface area contributed by atoms with E-state index in [9.17, 15) is 4.79 Å². The predicted octanol–water partition coefficient (Wildman–Crippen LogP) is 3.55. The molecule has 2 heterocycles. The van der Waals surface area contributed by atoms with Gasteiger partial charge in [-0.25, -0.2) is 4.98 Å². The predicted molar refractivity (Wildman–Crippen MR) is 115 cm³/mol. The van der Waals surface area contributed by atoms with E-state index in [4.69, 9.17) is 0 Å². The molecule has 0 saturated heterocycles. The van der Waals surface area contributed by atoms with Crippen LogP contribution in [0.1, 0.15) is 32.9 Å². The maximum Gasteiger partial charge on any atom is 0.251 e. The van der Waals surface area contributed by atoms with Gasteiger partial charge in [0.2, 0.25) is 0 Å². The Bertz CT molecular complexity index is 1030. The van der Waals surface area contributed by atoms with Crippen LogP contribution in [0.3, 0.4) is 0 Å². The Morgan fingerprint density at radius 3 is 2.59 bits per heavy atom. The monoisotopic (exact) mass is 386 g/mol. The standard InChI is InChI=1S/C24H26N4O/c1-16-13-25-17(2)23(27-16)18-8-10-19(11-9-18)24(29)26-14-22-12-20-6-4-5-7-21(20)15-28(22)3/h4-11,13,22H,12,14-15H2,1-3H3,(H,26,29)/t22-/m0/s1. The van der Waals surface area contributed by atoms with E-state index in [1.807, 2.05) is 38.1 Å². The molecule has 0 saturated carbocycles. The van der Waals surface area contributed by atoms with Crippen molar-refractivity contribution in [2.45, 2.75) is 32.9 Å². The van der Waals surface area contributed by atoms with E-state index in [0.29, 0.717) is 18.2 Å². The van der Waals surface area contributed by atoms with Crippen LogP contribution in [-0.4, -0.2) is 40.4 Å². The van der Waals surface area contributed by atoms with Crippen molar-refractivity contribution in [2.24, 2.45) is 0 Å². The summed E-state index contributed by atoms with van der Waals surface area (Å²) in [5, 5.41) is 3.10. The third kappa shape index (κ3) is 4.20. The van der Waals surface area contributed by atoms with Crippen molar-refractivity contribution in [1.29, 1.82) is 0 Å². The number of fused-ring (bicyclic) bond motifs is 1. The van der Waals surface area contributed by atoms with Gasteiger partial charge in [-0.1, -0.05) is 36.4 Å². The highest BCUT2D eigenvalue weighted by Gasteiger charge is 2.23. The highest BCUT2D eigenvalue weighted by molar-refractivity contribution is 5.94. The van der Waals surface area contributed by atoms with Gasteiger partial charge in [-0.2, -0.15) is 0 Å². The number of likely N-dealkylation sites (N-methyl/N-ethyl adjacent to an activating group) is 1. The minimum Gasteiger partial charge on any atom is -0.350 e. The Balaban J connectivity index is 1.41. The first-order valence-electron chi connectivity index (χ1n) is 9.97. The van der Waals surface area contributed by atoms with Crippen LogP contribution >= 0.6 is 0 Å². The summed E-state index contributed by atoms with van der Waals surface area (Å²) in [6, 6.07) is 16.4. The Hall–Kier alpha value is -3.05. The highest BCUT2D eigenvalue weighted by Crippen LogP contribution is 2.22. The molecule has 148 valence electrons. The largest absolute Gasteiger partial charge is 0.350 e. The quantitative estimate of drug-likeness (QED) is 0.745. The van der Waals surface area contributed by atoms with Crippen LogP contribution < -0.4 is 5.32 Å². The minimum atomic E-state index is -0.0455. The fourth-order valence-electron chi connectivity index (χ4n) is 3.85. The number of nitrogens with zero attached hydrogens (tertiary/aromatic N) is 3. The number of hydrogen-bond donors (Lipinski definition) is 1. The first kappa shape index (κ1) is 19.3. The number of carbonyl (C=O) groups is 1. The van der Waals surface area contributed by atoms with Gasteiger partial charge in [0, 0.05) is 36.5 Å². The molecule has 0 spiro atoms. The van der Waals surface area contributed by atoms with Crippen molar-refractivity contribution in [3.63, 3.8) is 0 Å². The van der Waals surface area contributed by atoms with E-state index >= 15 is 0 Å². The number of amides is 1. The van der Waals surface area contributed by atoms with Gasteiger partial charge < -0.3 is 5.32 Å². The molecule has 0 bridgehead atoms. The molecule has 1 aliphatic heterocycles. The van der Waals surface area contributed by atoms with Gasteiger partial charge in [-0.3, -0.25) is 14.7 Å². The highest BCUT2D eigenvalue weighted by atomic mass is 16.1. The molecule has 3 aromatic rings. The number of aromatic nitrogens is 2. The van der Waals surface area contributed by atoms with Crippen molar-refractivity contribution in [2.75, 3.05) is 13.6 Å². The molecular weight excluding hydrogens is 360 g/mol. The van der Waals surface area contributed by atoms with Gasteiger partial charge in [-0.15, -0.1) is 0 Å². The second kappa shape index (κ2) is 8.13. The van der Waals surface area contributed by atoms with E-state index < -0.39 is 0 Å². The molecule has 5 nitrogen and oxygen atoms in total. The van der Waals surface area contributed by atoms with E-state index in [-0.39, 0.29) is 5.91 Å². The van der Waals surface area contributed by atoms with Crippen molar-refractivity contribution < 1.29 is 4.79 Å². The fourth-order valence-corrected chi connectivity index (χ4v) is 3.85. The molecule has 2 aromatic carbocycles. The van der Waals surface area contributed by atoms with Crippen LogP contribution in [0.5, 0.6) is 0 Å². The summed E-state index contributed by atoms with van der Waals surface area (Å²) < 4.78 is 0. The molecule has 4 rings (SSSR count). The first-order valence-corrected chi connectivity index (χ1v) is 9.97. The molecular formula is C24H26N4O. The topological polar surface area (TPSA) is 58.1 Å². The first-order chi connectivity index (χ1) is 14.0. The molecule has 0 radical (unpaired) electrons. The zero-order valence-electron chi connectivity index (χ0n) is 17.1. The van der Waals surface area contributed by atoms with Crippen LogP contribution in [0, 0.1) is 13.8 Å². The number of benzene rings is 2. The van der Waals surface area contributed by atoms with Crippen LogP contribution in [0.2, 0.25) is 0 Å². The van der Waals surface area contributed by atoms with E-state index in [1.165, 1.54) is 11.1 Å². The lowest BCUT2D eigenvalue weighted by Crippen LogP contribution is -2.45. The minimum absolute atomic E-state index is 0.0455.